The Morgan fingerprint density at radius 3 is 2.88 bits per heavy atom. The quantitative estimate of drug-likeness (QED) is 0.754. The molecular weight excluding hydrogens is 352 g/mol. The van der Waals surface area contributed by atoms with Gasteiger partial charge in [-0.2, -0.15) is 0 Å². The third-order valence-corrected chi connectivity index (χ3v) is 5.26. The van der Waals surface area contributed by atoms with Gasteiger partial charge in [-0.3, -0.25) is 4.79 Å². The number of nitrogens with one attached hydrogen (secondary N) is 1. The van der Waals surface area contributed by atoms with E-state index in [2.05, 4.69) is 29.2 Å². The first-order valence-electron chi connectivity index (χ1n) is 8.94. The van der Waals surface area contributed by atoms with Crippen LogP contribution in [-0.4, -0.2) is 39.0 Å². The van der Waals surface area contributed by atoms with Gasteiger partial charge in [0.2, 0.25) is 5.91 Å². The van der Waals surface area contributed by atoms with Crippen molar-refractivity contribution in [3.63, 3.8) is 0 Å². The van der Waals surface area contributed by atoms with Gasteiger partial charge in [0.1, 0.15) is 11.6 Å². The van der Waals surface area contributed by atoms with E-state index in [1.807, 2.05) is 11.0 Å². The van der Waals surface area contributed by atoms with Crippen LogP contribution in [0.1, 0.15) is 42.3 Å². The van der Waals surface area contributed by atoms with Crippen LogP contribution in [0.15, 0.2) is 28.8 Å². The number of aromatic nitrogens is 3. The maximum atomic E-state index is 12.4. The van der Waals surface area contributed by atoms with Gasteiger partial charge in [-0.15, -0.1) is 0 Å². The maximum absolute atomic E-state index is 12.4. The average molecular weight is 373 g/mol. The summed E-state index contributed by atoms with van der Waals surface area (Å²) in [6, 6.07) is 7.84. The molecule has 7 heteroatoms. The largest absolute Gasteiger partial charge is 0.360 e. The Morgan fingerprint density at radius 1 is 1.38 bits per heavy atom. The Balaban J connectivity index is 1.34. The third-order valence-electron chi connectivity index (χ3n) is 5.08. The number of piperidine rings is 1. The van der Waals surface area contributed by atoms with E-state index in [0.29, 0.717) is 29.7 Å². The van der Waals surface area contributed by atoms with Gasteiger partial charge in [-0.05, 0) is 31.4 Å². The fourth-order valence-corrected chi connectivity index (χ4v) is 3.74. The zero-order valence-electron chi connectivity index (χ0n) is 14.7. The van der Waals surface area contributed by atoms with E-state index in [1.54, 1.807) is 6.07 Å². The number of para-hydroxylation sites is 1. The molecule has 26 heavy (non-hydrogen) atoms. The van der Waals surface area contributed by atoms with Gasteiger partial charge in [-0.25, -0.2) is 4.98 Å². The van der Waals surface area contributed by atoms with Crippen LogP contribution in [0.25, 0.3) is 11.0 Å². The van der Waals surface area contributed by atoms with E-state index in [4.69, 9.17) is 21.1 Å². The van der Waals surface area contributed by atoms with E-state index < -0.39 is 0 Å². The first kappa shape index (κ1) is 17.1. The highest BCUT2D eigenvalue weighted by Crippen LogP contribution is 2.29. The van der Waals surface area contributed by atoms with Crippen molar-refractivity contribution < 1.29 is 9.32 Å². The van der Waals surface area contributed by atoms with Gasteiger partial charge in [0, 0.05) is 37.9 Å². The summed E-state index contributed by atoms with van der Waals surface area (Å²) in [5, 5.41) is 3.96. The second-order valence-electron chi connectivity index (χ2n) is 6.86. The smallest absolute Gasteiger partial charge is 0.223 e. The summed E-state index contributed by atoms with van der Waals surface area (Å²) >= 11 is 5.73. The van der Waals surface area contributed by atoms with Crippen LogP contribution in [0, 0.1) is 6.92 Å². The van der Waals surface area contributed by atoms with Crippen molar-refractivity contribution in [2.75, 3.05) is 13.1 Å². The highest BCUT2D eigenvalue weighted by Gasteiger charge is 2.26. The molecule has 0 unspecified atom stereocenters. The molecule has 0 bridgehead atoms. The van der Waals surface area contributed by atoms with Gasteiger partial charge in [-0.1, -0.05) is 28.9 Å². The van der Waals surface area contributed by atoms with E-state index in [9.17, 15) is 4.79 Å². The summed E-state index contributed by atoms with van der Waals surface area (Å²) in [6.07, 6.45) is 2.80. The number of nitrogens with zero attached hydrogens (tertiary/aromatic N) is 3. The lowest BCUT2D eigenvalue weighted by Crippen LogP contribution is -2.38. The number of carbonyl (C=O) groups excluding carboxylic acids is 1. The number of hydrogen-bond acceptors (Lipinski definition) is 4. The third kappa shape index (κ3) is 3.46. The summed E-state index contributed by atoms with van der Waals surface area (Å²) in [5.41, 5.74) is 3.32. The highest BCUT2D eigenvalue weighted by atomic mass is 35.5. The van der Waals surface area contributed by atoms with Crippen molar-refractivity contribution in [2.45, 2.75) is 38.5 Å². The monoisotopic (exact) mass is 372 g/mol. The molecule has 136 valence electrons. The number of likely N-dealkylation sites (tertiary alicyclic amines) is 1. The number of amides is 1. The van der Waals surface area contributed by atoms with E-state index >= 15 is 0 Å². The molecule has 1 fully saturated rings. The summed E-state index contributed by atoms with van der Waals surface area (Å²) in [5.74, 6) is 2.21. The Labute approximate surface area is 156 Å². The minimum atomic E-state index is 0.149. The molecule has 1 amide bonds. The molecule has 0 saturated carbocycles. The predicted molar refractivity (Wildman–Crippen MR) is 99.2 cm³/mol. The van der Waals surface area contributed by atoms with Crippen LogP contribution >= 0.6 is 11.6 Å². The predicted octanol–water partition coefficient (Wildman–Crippen LogP) is 3.85. The Morgan fingerprint density at radius 2 is 2.19 bits per heavy atom. The lowest BCUT2D eigenvalue weighted by Gasteiger charge is -2.31. The van der Waals surface area contributed by atoms with Crippen molar-refractivity contribution in [3.05, 3.63) is 46.6 Å². The van der Waals surface area contributed by atoms with Crippen LogP contribution in [0.5, 0.6) is 0 Å². The Bertz CT molecular complexity index is 925. The Kier molecular flexibility index (Phi) is 4.68. The molecule has 0 aliphatic carbocycles. The average Bonchev–Trinajstić information content (AvgIpc) is 3.27. The molecule has 2 aromatic heterocycles. The summed E-state index contributed by atoms with van der Waals surface area (Å²) in [4.78, 5) is 22.6. The highest BCUT2D eigenvalue weighted by molar-refractivity contribution is 6.29. The van der Waals surface area contributed by atoms with Gasteiger partial charge >= 0.3 is 0 Å². The first-order chi connectivity index (χ1) is 12.6. The first-order valence-corrected chi connectivity index (χ1v) is 9.32. The molecule has 0 spiro atoms. The van der Waals surface area contributed by atoms with Crippen molar-refractivity contribution >= 4 is 28.5 Å². The molecule has 3 aromatic rings. The SMILES string of the molecule is Cc1cccc2[nH]c(C3CCN(C(=O)CCc4cc(Cl)no4)CC3)nc12. The number of halogens is 1. The number of aromatic amines is 1. The number of imidazole rings is 1. The Hall–Kier alpha value is -2.34. The van der Waals surface area contributed by atoms with Crippen molar-refractivity contribution in [1.29, 1.82) is 0 Å². The normalized spacial score (nSPS) is 15.7. The van der Waals surface area contributed by atoms with Crippen molar-refractivity contribution in [2.24, 2.45) is 0 Å². The fraction of sp³-hybridized carbons (Fsp3) is 0.421. The molecule has 6 nitrogen and oxygen atoms in total. The van der Waals surface area contributed by atoms with Crippen molar-refractivity contribution in [1.82, 2.24) is 20.0 Å². The summed E-state index contributed by atoms with van der Waals surface area (Å²) < 4.78 is 5.05. The second kappa shape index (κ2) is 7.11. The van der Waals surface area contributed by atoms with Gasteiger partial charge in [0.25, 0.3) is 0 Å². The number of carbonyl (C=O) groups is 1. The molecule has 1 aliphatic heterocycles. The number of fused-ring (bicyclic) bond motifs is 1. The van der Waals surface area contributed by atoms with Crippen LogP contribution in [0.2, 0.25) is 5.15 Å². The van der Waals surface area contributed by atoms with Gasteiger partial charge in [0.05, 0.1) is 11.0 Å². The fourth-order valence-electron chi connectivity index (χ4n) is 3.58. The van der Waals surface area contributed by atoms with E-state index in [1.165, 1.54) is 5.56 Å². The maximum Gasteiger partial charge on any atom is 0.223 e. The van der Waals surface area contributed by atoms with Gasteiger partial charge < -0.3 is 14.4 Å². The van der Waals surface area contributed by atoms with E-state index in [-0.39, 0.29) is 5.91 Å². The molecule has 4 rings (SSSR count). The molecule has 1 saturated heterocycles. The van der Waals surface area contributed by atoms with Crippen LogP contribution in [0.4, 0.5) is 0 Å². The van der Waals surface area contributed by atoms with E-state index in [0.717, 1.165) is 42.8 Å². The zero-order valence-corrected chi connectivity index (χ0v) is 15.4. The second-order valence-corrected chi connectivity index (χ2v) is 7.25. The molecule has 0 radical (unpaired) electrons. The molecule has 1 aliphatic rings. The minimum absolute atomic E-state index is 0.149. The molecule has 1 aromatic carbocycles. The molecular formula is C19H21ClN4O2. The standard InChI is InChI=1S/C19H21ClN4O2/c1-12-3-2-4-15-18(12)22-19(21-15)13-7-9-24(10-8-13)17(25)6-5-14-11-16(20)23-26-14/h2-4,11,13H,5-10H2,1H3,(H,21,22). The summed E-state index contributed by atoms with van der Waals surface area (Å²) in [7, 11) is 0. The van der Waals surface area contributed by atoms with Crippen LogP contribution in [0.3, 0.4) is 0 Å². The van der Waals surface area contributed by atoms with Crippen molar-refractivity contribution in [3.8, 4) is 0 Å². The minimum Gasteiger partial charge on any atom is -0.360 e. The number of rotatable bonds is 4. The lowest BCUT2D eigenvalue weighted by molar-refractivity contribution is -0.132. The number of aryl methyl sites for hydroxylation is 2. The van der Waals surface area contributed by atoms with Crippen LogP contribution in [-0.2, 0) is 11.2 Å². The molecule has 0 atom stereocenters. The number of hydrogen-bond donors (Lipinski definition) is 1. The van der Waals surface area contributed by atoms with Gasteiger partial charge in [0.15, 0.2) is 5.15 Å². The summed E-state index contributed by atoms with van der Waals surface area (Å²) in [6.45, 7) is 3.60. The number of H-pyrrole nitrogens is 1. The molecule has 3 heterocycles. The zero-order chi connectivity index (χ0) is 18.1. The van der Waals surface area contributed by atoms with Crippen LogP contribution < -0.4 is 0 Å². The number of benzene rings is 1. The topological polar surface area (TPSA) is 75.0 Å². The molecule has 1 N–H and O–H groups in total. The lowest BCUT2D eigenvalue weighted by atomic mass is 9.96.